The summed E-state index contributed by atoms with van der Waals surface area (Å²) in [7, 11) is 0. The van der Waals surface area contributed by atoms with Gasteiger partial charge in [0.05, 0.1) is 0 Å². The van der Waals surface area contributed by atoms with Crippen LogP contribution in [0, 0.1) is 5.41 Å². The predicted octanol–water partition coefficient (Wildman–Crippen LogP) is 7.15. The average molecular weight is 541 g/mol. The van der Waals surface area contributed by atoms with Crippen molar-refractivity contribution < 1.29 is 19.1 Å². The van der Waals surface area contributed by atoms with Crippen LogP contribution in [0.15, 0.2) is 21.8 Å². The van der Waals surface area contributed by atoms with Crippen LogP contribution in [0.25, 0.3) is 0 Å². The molecule has 0 heterocycles. The molecule has 1 fully saturated rings. The Kier molecular flexibility index (Phi) is 13.1. The third-order valence-corrected chi connectivity index (χ3v) is 21.0. The fourth-order valence-electron chi connectivity index (χ4n) is 4.73. The van der Waals surface area contributed by atoms with Gasteiger partial charge in [0.2, 0.25) is 0 Å². The van der Waals surface area contributed by atoms with Crippen molar-refractivity contribution in [1.29, 1.82) is 0 Å². The Balaban J connectivity index is 3.42. The van der Waals surface area contributed by atoms with Crippen molar-refractivity contribution >= 4 is 30.3 Å². The van der Waals surface area contributed by atoms with E-state index in [4.69, 9.17) is 9.47 Å². The molecule has 1 aliphatic carbocycles. The van der Waals surface area contributed by atoms with Crippen LogP contribution in [0.1, 0.15) is 92.4 Å². The van der Waals surface area contributed by atoms with Gasteiger partial charge in [-0.05, 0) is 0 Å². The molecule has 4 nitrogen and oxygen atoms in total. The SMILES string of the molecule is C=C1CCC(C(=O)OCC)(C(=O)OCC)C/C1=[CH]/[Sn]([CH2]CCC)([CH2]CCC)[CH2]CCC. The Morgan fingerprint density at radius 2 is 1.35 bits per heavy atom. The summed E-state index contributed by atoms with van der Waals surface area (Å²) in [4.78, 5) is 26.0. The van der Waals surface area contributed by atoms with E-state index in [0.717, 1.165) is 11.1 Å². The Morgan fingerprint density at radius 3 is 1.74 bits per heavy atom. The van der Waals surface area contributed by atoms with Gasteiger partial charge in [0.15, 0.2) is 0 Å². The monoisotopic (exact) mass is 542 g/mol. The van der Waals surface area contributed by atoms with Gasteiger partial charge in [0, 0.05) is 0 Å². The fourth-order valence-corrected chi connectivity index (χ4v) is 20.2. The van der Waals surface area contributed by atoms with Crippen molar-refractivity contribution in [3.05, 3.63) is 21.8 Å². The fraction of sp³-hybridized carbons (Fsp3) is 0.769. The number of hydrogen-bond acceptors (Lipinski definition) is 4. The molecule has 1 saturated carbocycles. The molecular weight excluding hydrogens is 495 g/mol. The van der Waals surface area contributed by atoms with Crippen molar-refractivity contribution in [2.45, 2.75) is 106 Å². The molecule has 0 N–H and O–H groups in total. The molecule has 5 heteroatoms. The number of unbranched alkanes of at least 4 members (excludes halogenated alkanes) is 3. The van der Waals surface area contributed by atoms with Gasteiger partial charge in [-0.2, -0.15) is 0 Å². The molecule has 0 aliphatic heterocycles. The molecule has 1 rings (SSSR count). The van der Waals surface area contributed by atoms with E-state index in [-0.39, 0.29) is 13.2 Å². The minimum atomic E-state index is -2.60. The Morgan fingerprint density at radius 1 is 0.903 bits per heavy atom. The van der Waals surface area contributed by atoms with Gasteiger partial charge >= 0.3 is 196 Å². The topological polar surface area (TPSA) is 52.6 Å². The molecule has 31 heavy (non-hydrogen) atoms. The molecule has 0 unspecified atom stereocenters. The second-order valence-electron chi connectivity index (χ2n) is 9.15. The zero-order valence-corrected chi connectivity index (χ0v) is 23.7. The molecule has 0 aromatic carbocycles. The molecule has 0 saturated heterocycles. The summed E-state index contributed by atoms with van der Waals surface area (Å²) >= 11 is -2.60. The van der Waals surface area contributed by atoms with E-state index in [0.29, 0.717) is 19.3 Å². The van der Waals surface area contributed by atoms with Crippen molar-refractivity contribution in [2.75, 3.05) is 13.2 Å². The Hall–Kier alpha value is -0.781. The van der Waals surface area contributed by atoms with Crippen molar-refractivity contribution in [3.8, 4) is 0 Å². The second kappa shape index (κ2) is 14.4. The zero-order chi connectivity index (χ0) is 23.3. The molecule has 0 aromatic rings. The zero-order valence-electron chi connectivity index (χ0n) is 20.8. The van der Waals surface area contributed by atoms with Gasteiger partial charge in [-0.1, -0.05) is 0 Å². The number of hydrogen-bond donors (Lipinski definition) is 0. The maximum atomic E-state index is 13.0. The Labute approximate surface area is 195 Å². The number of ether oxygens (including phenoxy) is 2. The summed E-state index contributed by atoms with van der Waals surface area (Å²) in [6.45, 7) is 15.3. The molecular formula is C26H46O4Sn. The van der Waals surface area contributed by atoms with Crippen LogP contribution in [0.5, 0.6) is 0 Å². The van der Waals surface area contributed by atoms with Crippen LogP contribution in [0.3, 0.4) is 0 Å². The Bertz CT molecular complexity index is 583. The average Bonchev–Trinajstić information content (AvgIpc) is 2.76. The molecule has 0 amide bonds. The van der Waals surface area contributed by atoms with E-state index in [1.54, 1.807) is 13.8 Å². The van der Waals surface area contributed by atoms with E-state index >= 15 is 0 Å². The number of carbonyl (C=O) groups is 2. The van der Waals surface area contributed by atoms with Crippen molar-refractivity contribution in [1.82, 2.24) is 0 Å². The summed E-state index contributed by atoms with van der Waals surface area (Å²) in [5, 5.41) is 0. The van der Waals surface area contributed by atoms with Gasteiger partial charge in [-0.15, -0.1) is 0 Å². The number of carbonyl (C=O) groups excluding carboxylic acids is 2. The van der Waals surface area contributed by atoms with E-state index < -0.39 is 35.7 Å². The van der Waals surface area contributed by atoms with Gasteiger partial charge in [0.25, 0.3) is 0 Å². The van der Waals surface area contributed by atoms with E-state index in [9.17, 15) is 9.59 Å². The summed E-state index contributed by atoms with van der Waals surface area (Å²) in [5.74, 6) is -0.855. The van der Waals surface area contributed by atoms with Crippen LogP contribution < -0.4 is 0 Å². The summed E-state index contributed by atoms with van der Waals surface area (Å²) < 4.78 is 17.4. The van der Waals surface area contributed by atoms with Crippen molar-refractivity contribution in [2.24, 2.45) is 5.41 Å². The third kappa shape index (κ3) is 7.94. The van der Waals surface area contributed by atoms with E-state index in [1.165, 1.54) is 51.8 Å². The molecule has 0 radical (unpaired) electrons. The van der Waals surface area contributed by atoms with Gasteiger partial charge in [-0.25, -0.2) is 0 Å². The number of esters is 2. The molecule has 0 atom stereocenters. The van der Waals surface area contributed by atoms with Crippen LogP contribution >= 0.6 is 0 Å². The minimum absolute atomic E-state index is 0.270. The standard InChI is InChI=1S/C14H19O4.3C4H9.Sn/c1-5-17-12(15)14(13(16)18-6-2)8-7-10(3)11(4)9-14;3*1-3-4-2;/h4H,3,5-9H2,1-2H3;3*1,3-4H2,2H3;. The van der Waals surface area contributed by atoms with Crippen LogP contribution in [-0.4, -0.2) is 43.5 Å². The van der Waals surface area contributed by atoms with Crippen LogP contribution in [-0.2, 0) is 19.1 Å². The van der Waals surface area contributed by atoms with Gasteiger partial charge in [-0.3, -0.25) is 0 Å². The first-order chi connectivity index (χ1) is 14.8. The third-order valence-electron chi connectivity index (χ3n) is 6.70. The van der Waals surface area contributed by atoms with Crippen LogP contribution in [0.4, 0.5) is 0 Å². The second-order valence-corrected chi connectivity index (χ2v) is 22.0. The summed E-state index contributed by atoms with van der Waals surface area (Å²) in [6, 6.07) is 0. The first kappa shape index (κ1) is 28.3. The summed E-state index contributed by atoms with van der Waals surface area (Å²) in [6.07, 6.45) is 8.97. The molecule has 0 aromatic heterocycles. The first-order valence-electron chi connectivity index (χ1n) is 12.6. The van der Waals surface area contributed by atoms with Crippen LogP contribution in [0.2, 0.25) is 13.3 Å². The summed E-state index contributed by atoms with van der Waals surface area (Å²) in [5.41, 5.74) is 1.05. The van der Waals surface area contributed by atoms with Gasteiger partial charge in [0.1, 0.15) is 0 Å². The number of rotatable bonds is 14. The normalized spacial score (nSPS) is 17.6. The van der Waals surface area contributed by atoms with E-state index in [1.807, 2.05) is 0 Å². The molecule has 0 bridgehead atoms. The molecule has 1 aliphatic rings. The van der Waals surface area contributed by atoms with E-state index in [2.05, 4.69) is 31.4 Å². The maximum absolute atomic E-state index is 13.0. The number of allylic oxidation sites excluding steroid dienone is 2. The van der Waals surface area contributed by atoms with Gasteiger partial charge < -0.3 is 0 Å². The molecule has 0 spiro atoms. The molecule has 178 valence electrons. The van der Waals surface area contributed by atoms with Crippen molar-refractivity contribution in [3.63, 3.8) is 0 Å². The predicted molar refractivity (Wildman–Crippen MR) is 132 cm³/mol. The quantitative estimate of drug-likeness (QED) is 0.133. The first-order valence-corrected chi connectivity index (χ1v) is 20.3.